The average Bonchev–Trinajstić information content (AvgIpc) is 2.65. The van der Waals surface area contributed by atoms with Gasteiger partial charge in [0.15, 0.2) is 0 Å². The van der Waals surface area contributed by atoms with Crippen LogP contribution in [0.3, 0.4) is 0 Å². The molecule has 0 aromatic carbocycles. The molecule has 1 aliphatic rings. The first-order valence-electron chi connectivity index (χ1n) is 7.56. The Morgan fingerprint density at radius 2 is 1.75 bits per heavy atom. The Hall–Kier alpha value is -0.870. The lowest BCUT2D eigenvalue weighted by molar-refractivity contribution is 0.0740. The molecule has 1 N–H and O–H groups in total. The minimum Gasteiger partial charge on any atom is -0.395 e. The van der Waals surface area contributed by atoms with Crippen LogP contribution in [0.25, 0.3) is 0 Å². The van der Waals surface area contributed by atoms with Crippen molar-refractivity contribution in [1.29, 1.82) is 0 Å². The lowest BCUT2D eigenvalue weighted by Crippen LogP contribution is -2.50. The topological polar surface area (TPSA) is 41.3 Å². The molecule has 20 heavy (non-hydrogen) atoms. The van der Waals surface area contributed by atoms with E-state index in [4.69, 9.17) is 10.2 Å². The van der Waals surface area contributed by atoms with Crippen LogP contribution < -0.4 is 0 Å². The van der Waals surface area contributed by atoms with Crippen molar-refractivity contribution in [3.63, 3.8) is 0 Å². The van der Waals surface area contributed by atoms with Crippen molar-refractivity contribution in [2.45, 2.75) is 58.4 Å². The van der Waals surface area contributed by atoms with Gasteiger partial charge in [-0.1, -0.05) is 41.5 Å². The van der Waals surface area contributed by atoms with E-state index in [1.807, 2.05) is 0 Å². The number of hydrogen-bond donors (Lipinski definition) is 1. The zero-order valence-electron chi connectivity index (χ0n) is 13.8. The summed E-state index contributed by atoms with van der Waals surface area (Å²) in [6.45, 7) is 16.6. The smallest absolute Gasteiger partial charge is 0.0776 e. The fraction of sp³-hybridized carbons (Fsp3) is 0.812. The van der Waals surface area contributed by atoms with Crippen LogP contribution in [0, 0.1) is 0 Å². The number of hydrogen-bond acceptors (Lipinski definition) is 3. The van der Waals surface area contributed by atoms with E-state index in [0.717, 1.165) is 19.6 Å². The molecular formula is C16H29N3O. The summed E-state index contributed by atoms with van der Waals surface area (Å²) in [4.78, 5) is 2.27. The normalized spacial score (nSPS) is 18.4. The van der Waals surface area contributed by atoms with Crippen LogP contribution in [-0.2, 0) is 10.8 Å². The van der Waals surface area contributed by atoms with Crippen molar-refractivity contribution in [2.75, 3.05) is 26.2 Å². The molecule has 2 rings (SSSR count). The predicted molar refractivity (Wildman–Crippen MR) is 82.2 cm³/mol. The molecule has 0 spiro atoms. The average molecular weight is 279 g/mol. The van der Waals surface area contributed by atoms with Crippen LogP contribution in [0.4, 0.5) is 0 Å². The highest BCUT2D eigenvalue weighted by atomic mass is 16.3. The van der Waals surface area contributed by atoms with Gasteiger partial charge < -0.3 is 5.11 Å². The Morgan fingerprint density at radius 1 is 1.15 bits per heavy atom. The molecule has 114 valence electrons. The zero-order valence-corrected chi connectivity index (χ0v) is 13.8. The van der Waals surface area contributed by atoms with Gasteiger partial charge in [-0.05, 0) is 11.0 Å². The Bertz CT molecular complexity index is 459. The number of aliphatic hydroxyl groups is 1. The van der Waals surface area contributed by atoms with Crippen LogP contribution in [-0.4, -0.2) is 46.0 Å². The molecule has 1 fully saturated rings. The van der Waals surface area contributed by atoms with Gasteiger partial charge in [-0.15, -0.1) is 0 Å². The highest BCUT2D eigenvalue weighted by Gasteiger charge is 2.36. The fourth-order valence-corrected chi connectivity index (χ4v) is 2.96. The van der Waals surface area contributed by atoms with E-state index in [9.17, 15) is 0 Å². The second-order valence-electron chi connectivity index (χ2n) is 7.99. The Morgan fingerprint density at radius 3 is 2.20 bits per heavy atom. The molecule has 2 heterocycles. The SMILES string of the molecule is CC(C)(C)c1cnn(C2CN(CCO)C2)c1C(C)(C)C. The first-order chi connectivity index (χ1) is 9.14. The van der Waals surface area contributed by atoms with Crippen molar-refractivity contribution in [3.05, 3.63) is 17.5 Å². The highest BCUT2D eigenvalue weighted by Crippen LogP contribution is 2.36. The molecule has 0 saturated carbocycles. The lowest BCUT2D eigenvalue weighted by atomic mass is 9.79. The third-order valence-corrected chi connectivity index (χ3v) is 4.01. The third-order valence-electron chi connectivity index (χ3n) is 4.01. The number of β-amino-alcohol motifs (C(OH)–C–C–N with tert-alkyl or cyclic N) is 1. The Kier molecular flexibility index (Phi) is 4.00. The Labute approximate surface area is 122 Å². The van der Waals surface area contributed by atoms with Gasteiger partial charge in [-0.25, -0.2) is 0 Å². The van der Waals surface area contributed by atoms with Gasteiger partial charge in [0.25, 0.3) is 0 Å². The maximum absolute atomic E-state index is 8.99. The summed E-state index contributed by atoms with van der Waals surface area (Å²) in [6.07, 6.45) is 2.05. The number of aromatic nitrogens is 2. The summed E-state index contributed by atoms with van der Waals surface area (Å²) in [5, 5.41) is 13.7. The van der Waals surface area contributed by atoms with Gasteiger partial charge in [0.05, 0.1) is 18.8 Å². The molecule has 1 aromatic heterocycles. The third kappa shape index (κ3) is 2.91. The quantitative estimate of drug-likeness (QED) is 0.923. The van der Waals surface area contributed by atoms with E-state index >= 15 is 0 Å². The minimum absolute atomic E-state index is 0.0938. The van der Waals surface area contributed by atoms with E-state index in [2.05, 4.69) is 57.3 Å². The summed E-state index contributed by atoms with van der Waals surface area (Å²) in [6, 6.07) is 0.451. The number of rotatable bonds is 3. The summed E-state index contributed by atoms with van der Waals surface area (Å²) >= 11 is 0. The van der Waals surface area contributed by atoms with Crippen molar-refractivity contribution >= 4 is 0 Å². The summed E-state index contributed by atoms with van der Waals surface area (Å²) in [7, 11) is 0. The second kappa shape index (κ2) is 5.15. The van der Waals surface area contributed by atoms with E-state index < -0.39 is 0 Å². The zero-order chi connectivity index (χ0) is 15.1. The van der Waals surface area contributed by atoms with Crippen LogP contribution in [0.2, 0.25) is 0 Å². The van der Waals surface area contributed by atoms with Crippen LogP contribution in [0.5, 0.6) is 0 Å². The number of nitrogens with zero attached hydrogens (tertiary/aromatic N) is 3. The first kappa shape index (κ1) is 15.5. The van der Waals surface area contributed by atoms with Crippen LogP contribution >= 0.6 is 0 Å². The standard InChI is InChI=1S/C16H29N3O/c1-15(2,3)13-9-17-19(14(13)16(4,5)6)12-10-18(11-12)7-8-20/h9,12,20H,7-8,10-11H2,1-6H3. The molecule has 0 bridgehead atoms. The van der Waals surface area contributed by atoms with Gasteiger partial charge in [0, 0.05) is 30.7 Å². The van der Waals surface area contributed by atoms with E-state index in [1.165, 1.54) is 11.3 Å². The molecule has 4 heteroatoms. The van der Waals surface area contributed by atoms with Crippen molar-refractivity contribution in [2.24, 2.45) is 0 Å². The van der Waals surface area contributed by atoms with Crippen molar-refractivity contribution in [1.82, 2.24) is 14.7 Å². The molecule has 1 aromatic rings. The molecule has 0 aliphatic carbocycles. The Balaban J connectivity index is 2.29. The molecule has 0 amide bonds. The van der Waals surface area contributed by atoms with Gasteiger partial charge in [-0.2, -0.15) is 5.10 Å². The van der Waals surface area contributed by atoms with Gasteiger partial charge in [0.1, 0.15) is 0 Å². The molecule has 1 aliphatic heterocycles. The van der Waals surface area contributed by atoms with E-state index in [-0.39, 0.29) is 17.4 Å². The monoisotopic (exact) mass is 279 g/mol. The molecule has 0 unspecified atom stereocenters. The number of likely N-dealkylation sites (tertiary alicyclic amines) is 1. The molecular weight excluding hydrogens is 250 g/mol. The molecule has 4 nitrogen and oxygen atoms in total. The predicted octanol–water partition coefficient (Wildman–Crippen LogP) is 2.33. The molecule has 1 saturated heterocycles. The van der Waals surface area contributed by atoms with E-state index in [0.29, 0.717) is 6.04 Å². The second-order valence-corrected chi connectivity index (χ2v) is 7.99. The van der Waals surface area contributed by atoms with E-state index in [1.54, 1.807) is 0 Å². The highest BCUT2D eigenvalue weighted by molar-refractivity contribution is 5.31. The van der Waals surface area contributed by atoms with Crippen LogP contribution in [0.1, 0.15) is 58.8 Å². The first-order valence-corrected chi connectivity index (χ1v) is 7.56. The van der Waals surface area contributed by atoms with Crippen molar-refractivity contribution in [3.8, 4) is 0 Å². The maximum Gasteiger partial charge on any atom is 0.0776 e. The fourth-order valence-electron chi connectivity index (χ4n) is 2.96. The molecule has 0 radical (unpaired) electrons. The summed E-state index contributed by atoms with van der Waals surface area (Å²) in [5.74, 6) is 0. The molecule has 0 atom stereocenters. The van der Waals surface area contributed by atoms with Crippen molar-refractivity contribution < 1.29 is 5.11 Å². The van der Waals surface area contributed by atoms with Crippen LogP contribution in [0.15, 0.2) is 6.20 Å². The maximum atomic E-state index is 8.99. The summed E-state index contributed by atoms with van der Waals surface area (Å²) in [5.41, 5.74) is 2.93. The van der Waals surface area contributed by atoms with Gasteiger partial charge >= 0.3 is 0 Å². The number of aliphatic hydroxyl groups excluding tert-OH is 1. The minimum atomic E-state index is 0.0938. The lowest BCUT2D eigenvalue weighted by Gasteiger charge is -2.41. The largest absolute Gasteiger partial charge is 0.395 e. The van der Waals surface area contributed by atoms with Gasteiger partial charge in [-0.3, -0.25) is 9.58 Å². The summed E-state index contributed by atoms with van der Waals surface area (Å²) < 4.78 is 2.23. The van der Waals surface area contributed by atoms with Gasteiger partial charge in [0.2, 0.25) is 0 Å².